The zero-order chi connectivity index (χ0) is 21.0. The monoisotopic (exact) mass is 512 g/mol. The second kappa shape index (κ2) is 8.73. The minimum absolute atomic E-state index is 0.806. The third-order valence-corrected chi connectivity index (χ3v) is 5.64. The molecule has 4 aromatic heterocycles. The summed E-state index contributed by atoms with van der Waals surface area (Å²) < 4.78 is 1.21. The predicted molar refractivity (Wildman–Crippen MR) is 132 cm³/mol. The van der Waals surface area contributed by atoms with Gasteiger partial charge in [-0.3, -0.25) is 15.0 Å². The van der Waals surface area contributed by atoms with Gasteiger partial charge in [0, 0.05) is 33.3 Å². The minimum Gasteiger partial charge on any atom is -0.256 e. The number of aromatic nitrogens is 4. The van der Waals surface area contributed by atoms with Gasteiger partial charge in [0.05, 0.1) is 28.5 Å². The maximum absolute atomic E-state index is 4.83. The lowest BCUT2D eigenvalue weighted by molar-refractivity contribution is 1.22. The summed E-state index contributed by atoms with van der Waals surface area (Å²) in [6.45, 7) is 0. The molecule has 5 rings (SSSR count). The number of pyridine rings is 4. The zero-order valence-corrected chi connectivity index (χ0v) is 18.6. The molecule has 0 spiro atoms. The molecular formula is C26H17IN4. The maximum atomic E-state index is 4.83. The average molecular weight is 512 g/mol. The van der Waals surface area contributed by atoms with Crippen molar-refractivity contribution in [3.8, 4) is 45.2 Å². The Labute approximate surface area is 194 Å². The van der Waals surface area contributed by atoms with E-state index in [0.717, 1.165) is 45.2 Å². The molecule has 0 atom stereocenters. The first kappa shape index (κ1) is 19.5. The van der Waals surface area contributed by atoms with Gasteiger partial charge in [0.15, 0.2) is 0 Å². The van der Waals surface area contributed by atoms with Crippen molar-refractivity contribution in [3.63, 3.8) is 0 Å². The quantitative estimate of drug-likeness (QED) is 0.257. The normalized spacial score (nSPS) is 10.7. The fourth-order valence-electron chi connectivity index (χ4n) is 3.34. The van der Waals surface area contributed by atoms with Crippen molar-refractivity contribution < 1.29 is 0 Å². The van der Waals surface area contributed by atoms with Gasteiger partial charge in [0.1, 0.15) is 0 Å². The summed E-state index contributed by atoms with van der Waals surface area (Å²) in [5.74, 6) is 0. The lowest BCUT2D eigenvalue weighted by Crippen LogP contribution is -1.94. The van der Waals surface area contributed by atoms with Crippen LogP contribution in [0, 0.1) is 3.57 Å². The van der Waals surface area contributed by atoms with Crippen LogP contribution in [0.4, 0.5) is 0 Å². The third-order valence-electron chi connectivity index (χ3n) is 4.92. The summed E-state index contributed by atoms with van der Waals surface area (Å²) in [7, 11) is 0. The molecule has 0 aliphatic heterocycles. The SMILES string of the molecule is Ic1ccc(-c2ccc(-c3cc(-c4ccccn4)nc(-c4ccccn4)c3)cn2)cc1. The Morgan fingerprint density at radius 1 is 0.484 bits per heavy atom. The van der Waals surface area contributed by atoms with Crippen molar-refractivity contribution in [2.24, 2.45) is 0 Å². The van der Waals surface area contributed by atoms with Crippen LogP contribution in [-0.2, 0) is 0 Å². The molecule has 5 heteroatoms. The van der Waals surface area contributed by atoms with Crippen LogP contribution >= 0.6 is 22.6 Å². The van der Waals surface area contributed by atoms with Crippen LogP contribution < -0.4 is 0 Å². The van der Waals surface area contributed by atoms with Gasteiger partial charge in [-0.2, -0.15) is 0 Å². The number of halogens is 1. The first-order valence-electron chi connectivity index (χ1n) is 9.83. The van der Waals surface area contributed by atoms with Gasteiger partial charge in [-0.15, -0.1) is 0 Å². The molecule has 1 aromatic carbocycles. The van der Waals surface area contributed by atoms with Crippen molar-refractivity contribution in [2.45, 2.75) is 0 Å². The highest BCUT2D eigenvalue weighted by Crippen LogP contribution is 2.29. The van der Waals surface area contributed by atoms with Crippen LogP contribution in [0.3, 0.4) is 0 Å². The van der Waals surface area contributed by atoms with E-state index >= 15 is 0 Å². The fourth-order valence-corrected chi connectivity index (χ4v) is 3.70. The molecule has 0 N–H and O–H groups in total. The number of hydrogen-bond donors (Lipinski definition) is 0. The molecule has 4 nitrogen and oxygen atoms in total. The predicted octanol–water partition coefficient (Wildman–Crippen LogP) is 6.54. The van der Waals surface area contributed by atoms with E-state index in [0.29, 0.717) is 0 Å². The number of benzene rings is 1. The Morgan fingerprint density at radius 2 is 1.10 bits per heavy atom. The van der Waals surface area contributed by atoms with Gasteiger partial charge in [-0.05, 0) is 82.8 Å². The highest BCUT2D eigenvalue weighted by molar-refractivity contribution is 14.1. The molecule has 0 radical (unpaired) electrons. The van der Waals surface area contributed by atoms with E-state index in [9.17, 15) is 0 Å². The van der Waals surface area contributed by atoms with E-state index in [1.165, 1.54) is 3.57 Å². The van der Waals surface area contributed by atoms with Gasteiger partial charge >= 0.3 is 0 Å². The van der Waals surface area contributed by atoms with Crippen LogP contribution in [0.25, 0.3) is 45.2 Å². The summed E-state index contributed by atoms with van der Waals surface area (Å²) in [5.41, 5.74) is 7.36. The van der Waals surface area contributed by atoms with Crippen molar-refractivity contribution in [1.82, 2.24) is 19.9 Å². The van der Waals surface area contributed by atoms with Crippen LogP contribution in [-0.4, -0.2) is 19.9 Å². The van der Waals surface area contributed by atoms with E-state index in [1.54, 1.807) is 12.4 Å². The van der Waals surface area contributed by atoms with Gasteiger partial charge in [0.25, 0.3) is 0 Å². The highest BCUT2D eigenvalue weighted by atomic mass is 127. The molecule has 0 amide bonds. The Morgan fingerprint density at radius 3 is 1.61 bits per heavy atom. The molecule has 5 aromatic rings. The fraction of sp³-hybridized carbons (Fsp3) is 0. The topological polar surface area (TPSA) is 51.6 Å². The van der Waals surface area contributed by atoms with Crippen molar-refractivity contribution >= 4 is 22.6 Å². The molecule has 0 aliphatic carbocycles. The van der Waals surface area contributed by atoms with Crippen molar-refractivity contribution in [2.75, 3.05) is 0 Å². The molecule has 0 saturated carbocycles. The number of rotatable bonds is 4. The second-order valence-electron chi connectivity index (χ2n) is 7.00. The summed E-state index contributed by atoms with van der Waals surface area (Å²) in [6.07, 6.45) is 5.47. The Kier molecular flexibility index (Phi) is 5.50. The van der Waals surface area contributed by atoms with Crippen molar-refractivity contribution in [1.29, 1.82) is 0 Å². The number of hydrogen-bond acceptors (Lipinski definition) is 4. The Hall–Kier alpha value is -3.45. The lowest BCUT2D eigenvalue weighted by atomic mass is 10.0. The zero-order valence-electron chi connectivity index (χ0n) is 16.5. The Bertz CT molecular complexity index is 1250. The first-order valence-corrected chi connectivity index (χ1v) is 10.9. The average Bonchev–Trinajstić information content (AvgIpc) is 2.85. The highest BCUT2D eigenvalue weighted by Gasteiger charge is 2.11. The maximum Gasteiger partial charge on any atom is 0.0900 e. The van der Waals surface area contributed by atoms with E-state index in [-0.39, 0.29) is 0 Å². The standard InChI is InChI=1S/C26H17IN4/c27-21-10-7-18(8-11-21)22-12-9-19(17-30-22)20-15-25(23-5-1-3-13-28-23)31-26(16-20)24-6-2-4-14-29-24/h1-17H. The largest absolute Gasteiger partial charge is 0.256 e. The molecule has 4 heterocycles. The number of nitrogens with zero attached hydrogens (tertiary/aromatic N) is 4. The van der Waals surface area contributed by atoms with E-state index in [2.05, 4.69) is 81.1 Å². The summed E-state index contributed by atoms with van der Waals surface area (Å²) in [6, 6.07) is 28.3. The molecule has 148 valence electrons. The van der Waals surface area contributed by atoms with E-state index in [4.69, 9.17) is 9.97 Å². The van der Waals surface area contributed by atoms with Crippen LogP contribution in [0.2, 0.25) is 0 Å². The van der Waals surface area contributed by atoms with E-state index in [1.807, 2.05) is 42.6 Å². The molecule has 0 aliphatic rings. The summed E-state index contributed by atoms with van der Waals surface area (Å²) in [5, 5.41) is 0. The smallest absolute Gasteiger partial charge is 0.0900 e. The van der Waals surface area contributed by atoms with Gasteiger partial charge in [0.2, 0.25) is 0 Å². The van der Waals surface area contributed by atoms with Crippen molar-refractivity contribution in [3.05, 3.63) is 107 Å². The molecule has 31 heavy (non-hydrogen) atoms. The second-order valence-corrected chi connectivity index (χ2v) is 8.24. The van der Waals surface area contributed by atoms with Gasteiger partial charge < -0.3 is 0 Å². The lowest BCUT2D eigenvalue weighted by Gasteiger charge is -2.10. The van der Waals surface area contributed by atoms with Crippen LogP contribution in [0.1, 0.15) is 0 Å². The van der Waals surface area contributed by atoms with Crippen LogP contribution in [0.15, 0.2) is 104 Å². The summed E-state index contributed by atoms with van der Waals surface area (Å²) >= 11 is 2.31. The molecular weight excluding hydrogens is 495 g/mol. The van der Waals surface area contributed by atoms with Gasteiger partial charge in [-0.1, -0.05) is 30.3 Å². The molecule has 0 unspecified atom stereocenters. The molecule has 0 saturated heterocycles. The minimum atomic E-state index is 0.806. The molecule has 0 fully saturated rings. The van der Waals surface area contributed by atoms with E-state index < -0.39 is 0 Å². The molecule has 0 bridgehead atoms. The Balaban J connectivity index is 1.58. The van der Waals surface area contributed by atoms with Crippen LogP contribution in [0.5, 0.6) is 0 Å². The summed E-state index contributed by atoms with van der Waals surface area (Å²) in [4.78, 5) is 18.5. The third kappa shape index (κ3) is 4.36. The van der Waals surface area contributed by atoms with Gasteiger partial charge in [-0.25, -0.2) is 4.98 Å². The first-order chi connectivity index (χ1) is 15.3.